The molecule has 0 radical (unpaired) electrons. The van der Waals surface area contributed by atoms with Gasteiger partial charge >= 0.3 is 0 Å². The van der Waals surface area contributed by atoms with Crippen molar-refractivity contribution in [2.45, 2.75) is 78.1 Å². The lowest BCUT2D eigenvalue weighted by molar-refractivity contribution is -0.155. The summed E-state index contributed by atoms with van der Waals surface area (Å²) in [6, 6.07) is 0. The standard InChI is InChI=1S/C19H30O.C2H2/c1-18-10-5-7-15(18)14-9-8-13-6-3-4-11-19(13,2)17(14)16(20)12-18;1-2/h13-15,17H,3-12H2,1-2H3;1-2H. The van der Waals surface area contributed by atoms with E-state index in [2.05, 4.69) is 26.7 Å². The lowest BCUT2D eigenvalue weighted by atomic mass is 9.45. The molecule has 0 aliphatic heterocycles. The van der Waals surface area contributed by atoms with Crippen molar-refractivity contribution in [2.75, 3.05) is 0 Å². The first-order valence-electron chi connectivity index (χ1n) is 9.41. The van der Waals surface area contributed by atoms with Crippen LogP contribution in [0.1, 0.15) is 78.1 Å². The molecule has 6 unspecified atom stereocenters. The highest BCUT2D eigenvalue weighted by Gasteiger charge is 2.60. The van der Waals surface area contributed by atoms with E-state index in [0.29, 0.717) is 22.5 Å². The van der Waals surface area contributed by atoms with Crippen LogP contribution in [0.15, 0.2) is 0 Å². The van der Waals surface area contributed by atoms with Crippen molar-refractivity contribution in [3.8, 4) is 12.8 Å². The van der Waals surface area contributed by atoms with E-state index in [9.17, 15) is 4.79 Å². The molecule has 4 aliphatic rings. The second kappa shape index (κ2) is 5.70. The molecule has 4 fully saturated rings. The third kappa shape index (κ3) is 2.17. The summed E-state index contributed by atoms with van der Waals surface area (Å²) in [5.74, 6) is 3.54. The van der Waals surface area contributed by atoms with E-state index in [1.54, 1.807) is 0 Å². The van der Waals surface area contributed by atoms with E-state index < -0.39 is 0 Å². The summed E-state index contributed by atoms with van der Waals surface area (Å²) in [6.45, 7) is 4.91. The maximum Gasteiger partial charge on any atom is 0.137 e. The number of carbonyl (C=O) groups is 1. The first-order chi connectivity index (χ1) is 10.5. The fraction of sp³-hybridized carbons (Fsp3) is 0.857. The molecule has 0 aromatic heterocycles. The van der Waals surface area contributed by atoms with E-state index in [0.717, 1.165) is 24.2 Å². The van der Waals surface area contributed by atoms with Gasteiger partial charge in [-0.25, -0.2) is 0 Å². The molecule has 0 aromatic carbocycles. The van der Waals surface area contributed by atoms with E-state index in [-0.39, 0.29) is 0 Å². The topological polar surface area (TPSA) is 17.1 Å². The predicted molar refractivity (Wildman–Crippen MR) is 91.2 cm³/mol. The van der Waals surface area contributed by atoms with Gasteiger partial charge in [-0.2, -0.15) is 0 Å². The summed E-state index contributed by atoms with van der Waals surface area (Å²) in [7, 11) is 0. The largest absolute Gasteiger partial charge is 0.299 e. The molecule has 0 aromatic rings. The molecule has 1 nitrogen and oxygen atoms in total. The van der Waals surface area contributed by atoms with Gasteiger partial charge in [-0.05, 0) is 67.1 Å². The van der Waals surface area contributed by atoms with E-state index >= 15 is 0 Å². The van der Waals surface area contributed by atoms with Gasteiger partial charge in [-0.3, -0.25) is 4.79 Å². The second-order valence-corrected chi connectivity index (χ2v) is 8.96. The molecular formula is C21H32O. The van der Waals surface area contributed by atoms with Crippen LogP contribution in [0.2, 0.25) is 0 Å². The molecule has 1 heteroatoms. The number of hydrogen-bond donors (Lipinski definition) is 0. The van der Waals surface area contributed by atoms with Crippen LogP contribution in [0.5, 0.6) is 0 Å². The van der Waals surface area contributed by atoms with Gasteiger partial charge in [-0.1, -0.05) is 33.1 Å². The van der Waals surface area contributed by atoms with Crippen molar-refractivity contribution in [1.82, 2.24) is 0 Å². The van der Waals surface area contributed by atoms with Crippen LogP contribution in [0, 0.1) is 47.3 Å². The molecular weight excluding hydrogens is 268 g/mol. The molecule has 122 valence electrons. The predicted octanol–water partition coefficient (Wildman–Crippen LogP) is 5.24. The monoisotopic (exact) mass is 300 g/mol. The second-order valence-electron chi connectivity index (χ2n) is 8.96. The third-order valence-electron chi connectivity index (χ3n) is 8.04. The molecule has 0 heterocycles. The van der Waals surface area contributed by atoms with Gasteiger partial charge in [0.15, 0.2) is 0 Å². The average Bonchev–Trinajstić information content (AvgIpc) is 2.89. The van der Waals surface area contributed by atoms with Crippen LogP contribution in [0.3, 0.4) is 0 Å². The Morgan fingerprint density at radius 2 is 1.73 bits per heavy atom. The Balaban J connectivity index is 0.000000693. The summed E-state index contributed by atoms with van der Waals surface area (Å²) in [5, 5.41) is 0. The summed E-state index contributed by atoms with van der Waals surface area (Å²) in [5.41, 5.74) is 0.734. The molecule has 4 saturated carbocycles. The van der Waals surface area contributed by atoms with Gasteiger partial charge in [0.2, 0.25) is 0 Å². The first-order valence-corrected chi connectivity index (χ1v) is 9.41. The van der Waals surface area contributed by atoms with E-state index in [1.165, 1.54) is 57.8 Å². The Morgan fingerprint density at radius 3 is 2.50 bits per heavy atom. The zero-order chi connectivity index (χ0) is 16.0. The van der Waals surface area contributed by atoms with Gasteiger partial charge in [0.05, 0.1) is 0 Å². The number of rotatable bonds is 0. The van der Waals surface area contributed by atoms with Gasteiger partial charge < -0.3 is 0 Å². The molecule has 0 amide bonds. The summed E-state index contributed by atoms with van der Waals surface area (Å²) < 4.78 is 0. The van der Waals surface area contributed by atoms with Crippen LogP contribution in [0.25, 0.3) is 0 Å². The molecule has 4 rings (SSSR count). The highest BCUT2D eigenvalue weighted by atomic mass is 16.1. The Morgan fingerprint density at radius 1 is 0.955 bits per heavy atom. The van der Waals surface area contributed by atoms with Crippen molar-refractivity contribution < 1.29 is 4.79 Å². The normalized spacial score (nSPS) is 50.1. The van der Waals surface area contributed by atoms with Crippen LogP contribution in [-0.4, -0.2) is 5.78 Å². The lowest BCUT2D eigenvalue weighted by Crippen LogP contribution is -2.55. The maximum atomic E-state index is 13.0. The number of ketones is 1. The summed E-state index contributed by atoms with van der Waals surface area (Å²) >= 11 is 0. The number of Topliss-reactive ketones (excluding diaryl/α,β-unsaturated/α-hetero) is 1. The zero-order valence-corrected chi connectivity index (χ0v) is 14.4. The van der Waals surface area contributed by atoms with Gasteiger partial charge in [0.1, 0.15) is 5.78 Å². The van der Waals surface area contributed by atoms with Crippen molar-refractivity contribution in [3.05, 3.63) is 0 Å². The molecule has 6 atom stereocenters. The Hall–Kier alpha value is -0.770. The number of fused-ring (bicyclic) bond motifs is 5. The van der Waals surface area contributed by atoms with Gasteiger partial charge in [-0.15, -0.1) is 12.8 Å². The minimum Gasteiger partial charge on any atom is -0.299 e. The Labute approximate surface area is 136 Å². The van der Waals surface area contributed by atoms with Crippen LogP contribution in [0.4, 0.5) is 0 Å². The highest BCUT2D eigenvalue weighted by molar-refractivity contribution is 5.84. The summed E-state index contributed by atoms with van der Waals surface area (Å²) in [4.78, 5) is 13.0. The number of carbonyl (C=O) groups excluding carboxylic acids is 1. The van der Waals surface area contributed by atoms with Crippen molar-refractivity contribution in [3.63, 3.8) is 0 Å². The third-order valence-corrected chi connectivity index (χ3v) is 8.04. The van der Waals surface area contributed by atoms with Crippen LogP contribution >= 0.6 is 0 Å². The Kier molecular flexibility index (Phi) is 4.17. The fourth-order valence-corrected chi connectivity index (χ4v) is 7.12. The average molecular weight is 300 g/mol. The van der Waals surface area contributed by atoms with Crippen LogP contribution < -0.4 is 0 Å². The molecule has 4 aliphatic carbocycles. The molecule has 0 N–H and O–H groups in total. The minimum absolute atomic E-state index is 0.363. The fourth-order valence-electron chi connectivity index (χ4n) is 7.12. The number of terminal acetylenes is 1. The van der Waals surface area contributed by atoms with E-state index in [4.69, 9.17) is 0 Å². The lowest BCUT2D eigenvalue weighted by Gasteiger charge is -2.58. The first kappa shape index (κ1) is 16.1. The van der Waals surface area contributed by atoms with Crippen molar-refractivity contribution >= 4 is 5.78 Å². The van der Waals surface area contributed by atoms with Gasteiger partial charge in [0, 0.05) is 12.3 Å². The van der Waals surface area contributed by atoms with Gasteiger partial charge in [0.25, 0.3) is 0 Å². The molecule has 0 saturated heterocycles. The number of hydrogen-bond acceptors (Lipinski definition) is 1. The summed E-state index contributed by atoms with van der Waals surface area (Å²) in [6.07, 6.45) is 21.3. The van der Waals surface area contributed by atoms with Crippen molar-refractivity contribution in [1.29, 1.82) is 0 Å². The maximum absolute atomic E-state index is 13.0. The van der Waals surface area contributed by atoms with Crippen LogP contribution in [-0.2, 0) is 4.79 Å². The Bertz CT molecular complexity index is 464. The zero-order valence-electron chi connectivity index (χ0n) is 14.4. The highest BCUT2D eigenvalue weighted by Crippen LogP contribution is 2.65. The quantitative estimate of drug-likeness (QED) is 0.559. The molecule has 0 bridgehead atoms. The van der Waals surface area contributed by atoms with Crippen molar-refractivity contribution in [2.24, 2.45) is 34.5 Å². The molecule has 0 spiro atoms. The minimum atomic E-state index is 0.363. The SMILES string of the molecule is C#C.CC12CCCC1C1CCC3CCCCC3(C)C1C(=O)C2. The van der Waals surface area contributed by atoms with E-state index in [1.807, 2.05) is 0 Å². The molecule has 22 heavy (non-hydrogen) atoms. The smallest absolute Gasteiger partial charge is 0.137 e.